The van der Waals surface area contributed by atoms with Crippen LogP contribution < -0.4 is 20.3 Å². The average Bonchev–Trinajstić information content (AvgIpc) is 2.81. The van der Waals surface area contributed by atoms with Crippen LogP contribution in [0.1, 0.15) is 0 Å². The maximum absolute atomic E-state index is 12.5. The minimum atomic E-state index is -0.109. The standard InChI is InChI=1S/C21H23N7O2/c1-30-18-4-2-16(3-5-18)24-21(29)28-14-12-27(13-15-28)20-7-6-19(25-26-20)23-17-8-10-22-11-9-17/h2-11H,12-15H2,1H3,(H,24,29)(H,22,23,25). The fraction of sp³-hybridized carbons (Fsp3) is 0.238. The summed E-state index contributed by atoms with van der Waals surface area (Å²) in [7, 11) is 1.61. The molecule has 3 aromatic rings. The van der Waals surface area contributed by atoms with Gasteiger partial charge >= 0.3 is 6.03 Å². The van der Waals surface area contributed by atoms with E-state index in [4.69, 9.17) is 4.74 Å². The molecule has 0 bridgehead atoms. The Morgan fingerprint density at radius 2 is 1.63 bits per heavy atom. The van der Waals surface area contributed by atoms with Gasteiger partial charge in [0.15, 0.2) is 11.6 Å². The molecular formula is C21H23N7O2. The SMILES string of the molecule is COc1ccc(NC(=O)N2CCN(c3ccc(Nc4ccncc4)nn3)CC2)cc1. The number of ether oxygens (including phenoxy) is 1. The highest BCUT2D eigenvalue weighted by molar-refractivity contribution is 5.89. The Morgan fingerprint density at radius 3 is 2.27 bits per heavy atom. The molecule has 30 heavy (non-hydrogen) atoms. The zero-order valence-electron chi connectivity index (χ0n) is 16.7. The minimum Gasteiger partial charge on any atom is -0.497 e. The summed E-state index contributed by atoms with van der Waals surface area (Å²) in [5.41, 5.74) is 1.65. The third-order valence-corrected chi connectivity index (χ3v) is 4.84. The maximum atomic E-state index is 12.5. The number of aromatic nitrogens is 3. The zero-order chi connectivity index (χ0) is 20.8. The summed E-state index contributed by atoms with van der Waals surface area (Å²) in [5.74, 6) is 2.22. The number of nitrogens with one attached hydrogen (secondary N) is 2. The first-order chi connectivity index (χ1) is 14.7. The number of rotatable bonds is 5. The summed E-state index contributed by atoms with van der Waals surface area (Å²) in [6.07, 6.45) is 3.43. The smallest absolute Gasteiger partial charge is 0.321 e. The lowest BCUT2D eigenvalue weighted by molar-refractivity contribution is 0.208. The molecule has 154 valence electrons. The van der Waals surface area contributed by atoms with Crippen LogP contribution in [0.15, 0.2) is 60.9 Å². The summed E-state index contributed by atoms with van der Waals surface area (Å²) < 4.78 is 5.14. The quantitative estimate of drug-likeness (QED) is 0.674. The van der Waals surface area contributed by atoms with Gasteiger partial charge in [0.2, 0.25) is 0 Å². The van der Waals surface area contributed by atoms with Gasteiger partial charge in [-0.25, -0.2) is 4.79 Å². The molecule has 1 aliphatic rings. The van der Waals surface area contributed by atoms with Gasteiger partial charge in [0.25, 0.3) is 0 Å². The Kier molecular flexibility index (Phi) is 5.88. The van der Waals surface area contributed by atoms with E-state index in [1.807, 2.05) is 48.5 Å². The van der Waals surface area contributed by atoms with E-state index in [0.29, 0.717) is 32.0 Å². The van der Waals surface area contributed by atoms with Crippen LogP contribution in [0.4, 0.5) is 27.8 Å². The second-order valence-corrected chi connectivity index (χ2v) is 6.77. The number of urea groups is 1. The van der Waals surface area contributed by atoms with Crippen LogP contribution in [0.2, 0.25) is 0 Å². The number of carbonyl (C=O) groups excluding carboxylic acids is 1. The summed E-state index contributed by atoms with van der Waals surface area (Å²) in [6, 6.07) is 14.7. The number of benzene rings is 1. The topological polar surface area (TPSA) is 95.5 Å². The number of pyridine rings is 1. The van der Waals surface area contributed by atoms with Gasteiger partial charge in [-0.15, -0.1) is 10.2 Å². The summed E-state index contributed by atoms with van der Waals surface area (Å²) in [4.78, 5) is 20.4. The molecule has 0 aliphatic carbocycles. The van der Waals surface area contributed by atoms with Gasteiger partial charge in [0.05, 0.1) is 7.11 Å². The third-order valence-electron chi connectivity index (χ3n) is 4.84. The van der Waals surface area contributed by atoms with E-state index >= 15 is 0 Å². The molecule has 2 aromatic heterocycles. The van der Waals surface area contributed by atoms with Crippen molar-refractivity contribution in [2.24, 2.45) is 0 Å². The molecule has 2 N–H and O–H groups in total. The first kappa shape index (κ1) is 19.4. The predicted molar refractivity (Wildman–Crippen MR) is 115 cm³/mol. The highest BCUT2D eigenvalue weighted by atomic mass is 16.5. The van der Waals surface area contributed by atoms with E-state index in [2.05, 4.69) is 30.7 Å². The van der Waals surface area contributed by atoms with Crippen molar-refractivity contribution in [2.75, 3.05) is 48.8 Å². The highest BCUT2D eigenvalue weighted by Crippen LogP contribution is 2.18. The van der Waals surface area contributed by atoms with Crippen LogP contribution in [0.3, 0.4) is 0 Å². The molecule has 0 radical (unpaired) electrons. The maximum Gasteiger partial charge on any atom is 0.321 e. The lowest BCUT2D eigenvalue weighted by atomic mass is 10.3. The van der Waals surface area contributed by atoms with Crippen LogP contribution in [0.5, 0.6) is 5.75 Å². The summed E-state index contributed by atoms with van der Waals surface area (Å²) in [6.45, 7) is 2.62. The molecule has 1 fully saturated rings. The van der Waals surface area contributed by atoms with E-state index in [-0.39, 0.29) is 6.03 Å². The van der Waals surface area contributed by atoms with Crippen molar-refractivity contribution in [3.63, 3.8) is 0 Å². The van der Waals surface area contributed by atoms with Gasteiger partial charge in [-0.1, -0.05) is 0 Å². The van der Waals surface area contributed by atoms with E-state index in [9.17, 15) is 4.79 Å². The molecule has 0 atom stereocenters. The molecule has 1 aliphatic heterocycles. The van der Waals surface area contributed by atoms with Crippen LogP contribution in [0, 0.1) is 0 Å². The molecule has 4 rings (SSSR count). The number of carbonyl (C=O) groups is 1. The van der Waals surface area contributed by atoms with Gasteiger partial charge in [-0.2, -0.15) is 0 Å². The molecular weight excluding hydrogens is 382 g/mol. The normalized spacial score (nSPS) is 13.6. The van der Waals surface area contributed by atoms with Gasteiger partial charge in [0.1, 0.15) is 5.75 Å². The Morgan fingerprint density at radius 1 is 0.900 bits per heavy atom. The van der Waals surface area contributed by atoms with Crippen LogP contribution in [0.25, 0.3) is 0 Å². The zero-order valence-corrected chi connectivity index (χ0v) is 16.7. The summed E-state index contributed by atoms with van der Waals surface area (Å²) >= 11 is 0. The fourth-order valence-electron chi connectivity index (χ4n) is 3.16. The predicted octanol–water partition coefficient (Wildman–Crippen LogP) is 2.98. The number of methoxy groups -OCH3 is 1. The van der Waals surface area contributed by atoms with E-state index in [1.54, 1.807) is 24.4 Å². The minimum absolute atomic E-state index is 0.109. The van der Waals surface area contributed by atoms with E-state index < -0.39 is 0 Å². The Balaban J connectivity index is 1.28. The first-order valence-electron chi connectivity index (χ1n) is 9.67. The number of amides is 2. The van der Waals surface area contributed by atoms with Crippen molar-refractivity contribution < 1.29 is 9.53 Å². The van der Waals surface area contributed by atoms with Crippen molar-refractivity contribution in [3.8, 4) is 5.75 Å². The number of nitrogens with zero attached hydrogens (tertiary/aromatic N) is 5. The molecule has 0 saturated carbocycles. The molecule has 0 unspecified atom stereocenters. The molecule has 9 heteroatoms. The lowest BCUT2D eigenvalue weighted by Crippen LogP contribution is -2.50. The van der Waals surface area contributed by atoms with Crippen LogP contribution in [-0.2, 0) is 0 Å². The lowest BCUT2D eigenvalue weighted by Gasteiger charge is -2.35. The molecule has 9 nitrogen and oxygen atoms in total. The number of hydrogen-bond acceptors (Lipinski definition) is 7. The molecule has 0 spiro atoms. The van der Waals surface area contributed by atoms with Crippen LogP contribution >= 0.6 is 0 Å². The Labute approximate surface area is 174 Å². The van der Waals surface area contributed by atoms with Crippen molar-refractivity contribution in [1.29, 1.82) is 0 Å². The van der Waals surface area contributed by atoms with Crippen molar-refractivity contribution >= 4 is 29.0 Å². The fourth-order valence-corrected chi connectivity index (χ4v) is 3.16. The summed E-state index contributed by atoms with van der Waals surface area (Å²) in [5, 5.41) is 14.7. The van der Waals surface area contributed by atoms with E-state index in [1.165, 1.54) is 0 Å². The van der Waals surface area contributed by atoms with Gasteiger partial charge < -0.3 is 25.2 Å². The average molecular weight is 405 g/mol. The second-order valence-electron chi connectivity index (χ2n) is 6.77. The Hall–Kier alpha value is -3.88. The number of piperazine rings is 1. The van der Waals surface area contributed by atoms with Crippen molar-refractivity contribution in [1.82, 2.24) is 20.1 Å². The number of anilines is 4. The molecule has 2 amide bonds. The molecule has 1 saturated heterocycles. The highest BCUT2D eigenvalue weighted by Gasteiger charge is 2.22. The van der Waals surface area contributed by atoms with Crippen molar-refractivity contribution in [2.45, 2.75) is 0 Å². The first-order valence-corrected chi connectivity index (χ1v) is 9.67. The Bertz CT molecular complexity index is 957. The number of hydrogen-bond donors (Lipinski definition) is 2. The van der Waals surface area contributed by atoms with Crippen molar-refractivity contribution in [3.05, 3.63) is 60.9 Å². The largest absolute Gasteiger partial charge is 0.497 e. The monoisotopic (exact) mass is 405 g/mol. The van der Waals surface area contributed by atoms with E-state index in [0.717, 1.165) is 22.9 Å². The van der Waals surface area contributed by atoms with Gasteiger partial charge in [0, 0.05) is 49.9 Å². The van der Waals surface area contributed by atoms with Gasteiger partial charge in [-0.3, -0.25) is 4.98 Å². The second kappa shape index (κ2) is 9.08. The third kappa shape index (κ3) is 4.75. The van der Waals surface area contributed by atoms with Gasteiger partial charge in [-0.05, 0) is 48.5 Å². The molecule has 3 heterocycles. The van der Waals surface area contributed by atoms with Crippen LogP contribution in [-0.4, -0.2) is 59.4 Å². The molecule has 1 aromatic carbocycles.